The van der Waals surface area contributed by atoms with Gasteiger partial charge < -0.3 is 10.1 Å². The molecule has 3 atom stereocenters. The minimum Gasteiger partial charge on any atom is -0.375 e. The Labute approximate surface area is 114 Å². The third-order valence-electron chi connectivity index (χ3n) is 4.37. The number of hydrogen-bond donors (Lipinski definition) is 1. The first-order valence-corrected chi connectivity index (χ1v) is 9.02. The van der Waals surface area contributed by atoms with Crippen LogP contribution in [0.5, 0.6) is 0 Å². The van der Waals surface area contributed by atoms with E-state index in [9.17, 15) is 4.21 Å². The van der Waals surface area contributed by atoms with Crippen molar-refractivity contribution in [2.75, 3.05) is 18.6 Å². The van der Waals surface area contributed by atoms with Crippen LogP contribution in [0.1, 0.15) is 51.9 Å². The van der Waals surface area contributed by atoms with E-state index in [0.717, 1.165) is 25.2 Å². The third kappa shape index (κ3) is 4.04. The van der Waals surface area contributed by atoms with E-state index in [-0.39, 0.29) is 5.60 Å². The Balaban J connectivity index is 1.76. The lowest BCUT2D eigenvalue weighted by Crippen LogP contribution is -2.48. The SMILES string of the molecule is CC(CCS(C)=O)NC1CCOC2(CCCC2)C1. The van der Waals surface area contributed by atoms with Crippen molar-refractivity contribution >= 4 is 10.8 Å². The summed E-state index contributed by atoms with van der Waals surface area (Å²) in [6.45, 7) is 3.12. The number of hydrogen-bond acceptors (Lipinski definition) is 3. The van der Waals surface area contributed by atoms with E-state index in [1.54, 1.807) is 6.26 Å². The number of nitrogens with one attached hydrogen (secondary N) is 1. The molecule has 0 aromatic heterocycles. The second-order valence-electron chi connectivity index (χ2n) is 6.06. The average Bonchev–Trinajstić information content (AvgIpc) is 2.75. The monoisotopic (exact) mass is 273 g/mol. The molecule has 0 aromatic rings. The first-order chi connectivity index (χ1) is 8.60. The lowest BCUT2D eigenvalue weighted by molar-refractivity contribution is -0.0845. The van der Waals surface area contributed by atoms with E-state index in [2.05, 4.69) is 12.2 Å². The molecule has 1 saturated heterocycles. The molecule has 2 rings (SSSR count). The third-order valence-corrected chi connectivity index (χ3v) is 5.18. The molecule has 1 aliphatic carbocycles. The summed E-state index contributed by atoms with van der Waals surface area (Å²) < 4.78 is 17.2. The van der Waals surface area contributed by atoms with E-state index in [0.29, 0.717) is 12.1 Å². The fraction of sp³-hybridized carbons (Fsp3) is 1.00. The Morgan fingerprint density at radius 3 is 2.83 bits per heavy atom. The Hall–Kier alpha value is 0.0700. The molecule has 1 heterocycles. The molecule has 0 radical (unpaired) electrons. The van der Waals surface area contributed by atoms with Gasteiger partial charge in [-0.05, 0) is 39.0 Å². The summed E-state index contributed by atoms with van der Waals surface area (Å²) in [5.74, 6) is 0.808. The molecular formula is C14H27NO2S. The van der Waals surface area contributed by atoms with Crippen LogP contribution >= 0.6 is 0 Å². The Bertz CT molecular complexity index is 290. The van der Waals surface area contributed by atoms with Crippen molar-refractivity contribution in [1.29, 1.82) is 0 Å². The minimum absolute atomic E-state index is 0.198. The van der Waals surface area contributed by atoms with Crippen LogP contribution < -0.4 is 5.32 Å². The van der Waals surface area contributed by atoms with Gasteiger partial charge in [0.15, 0.2) is 0 Å². The standard InChI is InChI=1S/C14H27NO2S/c1-12(6-10-18(2)16)15-13-5-9-17-14(11-13)7-3-4-8-14/h12-13,15H,3-11H2,1-2H3. The highest BCUT2D eigenvalue weighted by Crippen LogP contribution is 2.40. The van der Waals surface area contributed by atoms with Gasteiger partial charge >= 0.3 is 0 Å². The number of rotatable bonds is 5. The van der Waals surface area contributed by atoms with Gasteiger partial charge in [-0.2, -0.15) is 0 Å². The van der Waals surface area contributed by atoms with Crippen molar-refractivity contribution in [3.05, 3.63) is 0 Å². The van der Waals surface area contributed by atoms with E-state index < -0.39 is 10.8 Å². The zero-order valence-corrected chi connectivity index (χ0v) is 12.6. The summed E-state index contributed by atoms with van der Waals surface area (Å²) in [5, 5.41) is 3.71. The van der Waals surface area contributed by atoms with Crippen LogP contribution in [0.4, 0.5) is 0 Å². The van der Waals surface area contributed by atoms with Crippen molar-refractivity contribution < 1.29 is 8.95 Å². The van der Waals surface area contributed by atoms with Gasteiger partial charge in [0.25, 0.3) is 0 Å². The molecule has 2 aliphatic rings. The molecule has 2 fully saturated rings. The summed E-state index contributed by atoms with van der Waals surface area (Å²) in [6, 6.07) is 1.06. The largest absolute Gasteiger partial charge is 0.375 e. The van der Waals surface area contributed by atoms with Crippen molar-refractivity contribution in [2.45, 2.75) is 69.6 Å². The van der Waals surface area contributed by atoms with Crippen molar-refractivity contribution in [2.24, 2.45) is 0 Å². The van der Waals surface area contributed by atoms with Gasteiger partial charge in [-0.15, -0.1) is 0 Å². The van der Waals surface area contributed by atoms with E-state index in [1.165, 1.54) is 32.1 Å². The second kappa shape index (κ2) is 6.49. The molecule has 3 unspecified atom stereocenters. The van der Waals surface area contributed by atoms with Crippen LogP contribution in [0.15, 0.2) is 0 Å². The Morgan fingerprint density at radius 1 is 1.44 bits per heavy atom. The summed E-state index contributed by atoms with van der Waals surface area (Å²) >= 11 is 0. The van der Waals surface area contributed by atoms with Gasteiger partial charge in [0.2, 0.25) is 0 Å². The molecule has 1 N–H and O–H groups in total. The van der Waals surface area contributed by atoms with Crippen LogP contribution in [-0.4, -0.2) is 40.5 Å². The molecule has 0 bridgehead atoms. The molecule has 0 amide bonds. The Kier molecular flexibility index (Phi) is 5.22. The van der Waals surface area contributed by atoms with Crippen LogP contribution in [0.3, 0.4) is 0 Å². The lowest BCUT2D eigenvalue weighted by Gasteiger charge is -2.39. The first kappa shape index (κ1) is 14.5. The molecule has 4 heteroatoms. The minimum atomic E-state index is -0.666. The Morgan fingerprint density at radius 2 is 2.17 bits per heavy atom. The molecule has 106 valence electrons. The number of ether oxygens (including phenoxy) is 1. The fourth-order valence-corrected chi connectivity index (χ4v) is 4.05. The zero-order valence-electron chi connectivity index (χ0n) is 11.7. The average molecular weight is 273 g/mol. The van der Waals surface area contributed by atoms with Crippen LogP contribution in [0.2, 0.25) is 0 Å². The molecule has 1 saturated carbocycles. The fourth-order valence-electron chi connectivity index (χ4n) is 3.37. The molecule has 1 spiro atoms. The van der Waals surface area contributed by atoms with Crippen molar-refractivity contribution in [1.82, 2.24) is 5.32 Å². The summed E-state index contributed by atoms with van der Waals surface area (Å²) in [4.78, 5) is 0. The predicted molar refractivity (Wildman–Crippen MR) is 76.3 cm³/mol. The first-order valence-electron chi connectivity index (χ1n) is 7.30. The van der Waals surface area contributed by atoms with E-state index >= 15 is 0 Å². The highest BCUT2D eigenvalue weighted by atomic mass is 32.2. The van der Waals surface area contributed by atoms with E-state index in [4.69, 9.17) is 4.74 Å². The van der Waals surface area contributed by atoms with Crippen molar-refractivity contribution in [3.8, 4) is 0 Å². The van der Waals surface area contributed by atoms with Gasteiger partial charge in [-0.3, -0.25) is 4.21 Å². The second-order valence-corrected chi connectivity index (χ2v) is 7.62. The van der Waals surface area contributed by atoms with Gasteiger partial charge in [0, 0.05) is 41.5 Å². The topological polar surface area (TPSA) is 38.3 Å². The van der Waals surface area contributed by atoms with E-state index in [1.807, 2.05) is 0 Å². The van der Waals surface area contributed by atoms with Crippen LogP contribution in [0, 0.1) is 0 Å². The lowest BCUT2D eigenvalue weighted by atomic mass is 9.88. The maximum Gasteiger partial charge on any atom is 0.0697 e. The quantitative estimate of drug-likeness (QED) is 0.835. The van der Waals surface area contributed by atoms with Crippen molar-refractivity contribution in [3.63, 3.8) is 0 Å². The molecule has 18 heavy (non-hydrogen) atoms. The predicted octanol–water partition coefficient (Wildman–Crippen LogP) is 2.22. The van der Waals surface area contributed by atoms with Gasteiger partial charge in [-0.25, -0.2) is 0 Å². The van der Waals surface area contributed by atoms with Crippen LogP contribution in [-0.2, 0) is 15.5 Å². The van der Waals surface area contributed by atoms with Crippen LogP contribution in [0.25, 0.3) is 0 Å². The maximum atomic E-state index is 11.1. The molecular weight excluding hydrogens is 246 g/mol. The normalized spacial score (nSPS) is 30.4. The summed E-state index contributed by atoms with van der Waals surface area (Å²) in [7, 11) is -0.666. The molecule has 0 aromatic carbocycles. The maximum absolute atomic E-state index is 11.1. The zero-order chi connectivity index (χ0) is 13.0. The van der Waals surface area contributed by atoms with Gasteiger partial charge in [0.05, 0.1) is 5.60 Å². The highest BCUT2D eigenvalue weighted by molar-refractivity contribution is 7.84. The highest BCUT2D eigenvalue weighted by Gasteiger charge is 2.39. The van der Waals surface area contributed by atoms with Gasteiger partial charge in [0.1, 0.15) is 0 Å². The summed E-state index contributed by atoms with van der Waals surface area (Å²) in [5.41, 5.74) is 0.198. The smallest absolute Gasteiger partial charge is 0.0697 e. The molecule has 1 aliphatic heterocycles. The summed E-state index contributed by atoms with van der Waals surface area (Å²) in [6.07, 6.45) is 10.3. The molecule has 3 nitrogen and oxygen atoms in total. The van der Waals surface area contributed by atoms with Gasteiger partial charge in [-0.1, -0.05) is 12.8 Å².